The van der Waals surface area contributed by atoms with Crippen LogP contribution in [-0.2, 0) is 7.05 Å². The summed E-state index contributed by atoms with van der Waals surface area (Å²) in [6.07, 6.45) is 11.8. The number of rotatable bonds is 0. The Morgan fingerprint density at radius 2 is 2.36 bits per heavy atom. The predicted octanol–water partition coefficient (Wildman–Crippen LogP) is 0.546. The highest BCUT2D eigenvalue weighted by Crippen LogP contribution is 1.88. The third kappa shape index (κ3) is 1.03. The SMILES string of the molecule is Cn1ccc2c1=CC=CCC=2. The summed E-state index contributed by atoms with van der Waals surface area (Å²) in [5.74, 6) is 0. The van der Waals surface area contributed by atoms with Crippen molar-refractivity contribution < 1.29 is 0 Å². The fraction of sp³-hybridized carbons (Fsp3) is 0.200. The Balaban J connectivity index is 2.85. The standard InChI is InChI=1S/C10H11N/c1-11-8-7-9-5-3-2-4-6-10(9)11/h2,4-8H,3H2,1H3. The van der Waals surface area contributed by atoms with Gasteiger partial charge in [0.05, 0.1) is 0 Å². The van der Waals surface area contributed by atoms with Gasteiger partial charge in [0.1, 0.15) is 0 Å². The van der Waals surface area contributed by atoms with Crippen LogP contribution in [0.2, 0.25) is 0 Å². The number of hydrogen-bond donors (Lipinski definition) is 0. The highest BCUT2D eigenvalue weighted by Gasteiger charge is 1.90. The van der Waals surface area contributed by atoms with E-state index in [0.717, 1.165) is 6.42 Å². The third-order valence-corrected chi connectivity index (χ3v) is 2.02. The number of hydrogen-bond acceptors (Lipinski definition) is 0. The highest BCUT2D eigenvalue weighted by atomic mass is 14.9. The van der Waals surface area contributed by atoms with Gasteiger partial charge in [-0.2, -0.15) is 0 Å². The molecule has 1 aromatic rings. The molecule has 1 aliphatic rings. The van der Waals surface area contributed by atoms with Crippen LogP contribution in [0.5, 0.6) is 0 Å². The smallest absolute Gasteiger partial charge is 0.0474 e. The fourth-order valence-corrected chi connectivity index (χ4v) is 1.38. The van der Waals surface area contributed by atoms with Crippen LogP contribution in [0, 0.1) is 0 Å². The summed E-state index contributed by atoms with van der Waals surface area (Å²) in [5, 5.41) is 2.65. The van der Waals surface area contributed by atoms with Gasteiger partial charge in [-0.25, -0.2) is 0 Å². The lowest BCUT2D eigenvalue weighted by Gasteiger charge is -1.87. The Labute approximate surface area is 66.0 Å². The van der Waals surface area contributed by atoms with Gasteiger partial charge in [-0.05, 0) is 23.8 Å². The first-order chi connectivity index (χ1) is 5.38. The molecule has 11 heavy (non-hydrogen) atoms. The second kappa shape index (κ2) is 2.42. The normalized spacial score (nSPS) is 14.6. The minimum absolute atomic E-state index is 1.05. The lowest BCUT2D eigenvalue weighted by molar-refractivity contribution is 0.889. The number of allylic oxidation sites excluding steroid dienone is 2. The van der Waals surface area contributed by atoms with Crippen molar-refractivity contribution in [2.45, 2.75) is 6.42 Å². The van der Waals surface area contributed by atoms with E-state index in [1.807, 2.05) is 0 Å². The molecule has 0 radical (unpaired) electrons. The summed E-state index contributed by atoms with van der Waals surface area (Å²) in [6.45, 7) is 0. The van der Waals surface area contributed by atoms with Crippen LogP contribution in [0.1, 0.15) is 6.42 Å². The molecule has 0 saturated carbocycles. The van der Waals surface area contributed by atoms with E-state index in [1.165, 1.54) is 10.6 Å². The van der Waals surface area contributed by atoms with Gasteiger partial charge in [-0.15, -0.1) is 0 Å². The molecule has 0 aromatic carbocycles. The van der Waals surface area contributed by atoms with E-state index in [-0.39, 0.29) is 0 Å². The molecule has 0 fully saturated rings. The maximum Gasteiger partial charge on any atom is 0.0474 e. The summed E-state index contributed by atoms with van der Waals surface area (Å²) >= 11 is 0. The maximum atomic E-state index is 2.25. The van der Waals surface area contributed by atoms with Crippen molar-refractivity contribution in [3.8, 4) is 0 Å². The van der Waals surface area contributed by atoms with Crippen LogP contribution in [0.3, 0.4) is 0 Å². The molecule has 1 heterocycles. The van der Waals surface area contributed by atoms with E-state index in [4.69, 9.17) is 0 Å². The molecule has 0 spiro atoms. The summed E-state index contributed by atoms with van der Waals surface area (Å²) in [7, 11) is 2.07. The molecule has 0 amide bonds. The van der Waals surface area contributed by atoms with Gasteiger partial charge in [0, 0.05) is 18.6 Å². The number of aryl methyl sites for hydroxylation is 1. The first-order valence-electron chi connectivity index (χ1n) is 3.86. The van der Waals surface area contributed by atoms with Gasteiger partial charge in [-0.3, -0.25) is 0 Å². The lowest BCUT2D eigenvalue weighted by atomic mass is 10.3. The van der Waals surface area contributed by atoms with Gasteiger partial charge < -0.3 is 4.57 Å². The first-order valence-corrected chi connectivity index (χ1v) is 3.86. The molecule has 56 valence electrons. The van der Waals surface area contributed by atoms with Crippen LogP contribution in [0.25, 0.3) is 12.2 Å². The molecule has 0 N–H and O–H groups in total. The molecule has 2 rings (SSSR count). The van der Waals surface area contributed by atoms with Crippen molar-refractivity contribution in [3.05, 3.63) is 35.0 Å². The third-order valence-electron chi connectivity index (χ3n) is 2.02. The Morgan fingerprint density at radius 1 is 1.45 bits per heavy atom. The fourth-order valence-electron chi connectivity index (χ4n) is 1.38. The molecule has 1 nitrogen and oxygen atoms in total. The summed E-state index contributed by atoms with van der Waals surface area (Å²) < 4.78 is 2.14. The Kier molecular flexibility index (Phi) is 1.42. The van der Waals surface area contributed by atoms with Crippen molar-refractivity contribution >= 4 is 12.2 Å². The molecule has 0 atom stereocenters. The zero-order chi connectivity index (χ0) is 7.68. The van der Waals surface area contributed by atoms with Gasteiger partial charge >= 0.3 is 0 Å². The van der Waals surface area contributed by atoms with Crippen LogP contribution in [0.15, 0.2) is 24.4 Å². The molecule has 0 unspecified atom stereocenters. The zero-order valence-corrected chi connectivity index (χ0v) is 6.62. The molecule has 1 heteroatoms. The Morgan fingerprint density at radius 3 is 3.27 bits per heavy atom. The minimum Gasteiger partial charge on any atom is -0.351 e. The van der Waals surface area contributed by atoms with Crippen molar-refractivity contribution in [2.24, 2.45) is 7.05 Å². The van der Waals surface area contributed by atoms with Crippen LogP contribution in [0.4, 0.5) is 0 Å². The topological polar surface area (TPSA) is 4.93 Å². The van der Waals surface area contributed by atoms with Crippen LogP contribution in [-0.4, -0.2) is 4.57 Å². The number of nitrogens with zero attached hydrogens (tertiary/aromatic N) is 1. The summed E-state index contributed by atoms with van der Waals surface area (Å²) in [6, 6.07) is 2.15. The van der Waals surface area contributed by atoms with Gasteiger partial charge in [0.15, 0.2) is 0 Å². The number of aromatic nitrogens is 1. The monoisotopic (exact) mass is 145 g/mol. The summed E-state index contributed by atoms with van der Waals surface area (Å²) in [5.41, 5.74) is 0. The lowest BCUT2D eigenvalue weighted by Crippen LogP contribution is -2.26. The summed E-state index contributed by atoms with van der Waals surface area (Å²) in [4.78, 5) is 0. The first kappa shape index (κ1) is 6.47. The van der Waals surface area contributed by atoms with E-state index in [1.54, 1.807) is 0 Å². The molecule has 0 aliphatic heterocycles. The van der Waals surface area contributed by atoms with E-state index in [0.29, 0.717) is 0 Å². The van der Waals surface area contributed by atoms with Gasteiger partial charge in [0.2, 0.25) is 0 Å². The van der Waals surface area contributed by atoms with Crippen molar-refractivity contribution in [1.29, 1.82) is 0 Å². The van der Waals surface area contributed by atoms with Crippen LogP contribution >= 0.6 is 0 Å². The Bertz CT molecular complexity index is 393. The molecule has 1 aliphatic carbocycles. The average molecular weight is 145 g/mol. The quantitative estimate of drug-likeness (QED) is 0.502. The minimum atomic E-state index is 1.05. The zero-order valence-electron chi connectivity index (χ0n) is 6.62. The second-order valence-electron chi connectivity index (χ2n) is 2.80. The molecular weight excluding hydrogens is 134 g/mol. The van der Waals surface area contributed by atoms with Crippen molar-refractivity contribution in [2.75, 3.05) is 0 Å². The maximum absolute atomic E-state index is 2.25. The second-order valence-corrected chi connectivity index (χ2v) is 2.80. The van der Waals surface area contributed by atoms with Gasteiger partial charge in [0.25, 0.3) is 0 Å². The van der Waals surface area contributed by atoms with Crippen LogP contribution < -0.4 is 10.6 Å². The Hall–Kier alpha value is -1.24. The van der Waals surface area contributed by atoms with E-state index in [9.17, 15) is 0 Å². The van der Waals surface area contributed by atoms with Crippen molar-refractivity contribution in [1.82, 2.24) is 4.57 Å². The van der Waals surface area contributed by atoms with E-state index >= 15 is 0 Å². The van der Waals surface area contributed by atoms with E-state index < -0.39 is 0 Å². The van der Waals surface area contributed by atoms with E-state index in [2.05, 4.69) is 48.2 Å². The highest BCUT2D eigenvalue weighted by molar-refractivity contribution is 5.42. The molecule has 0 bridgehead atoms. The predicted molar refractivity (Wildman–Crippen MR) is 47.4 cm³/mol. The van der Waals surface area contributed by atoms with Crippen molar-refractivity contribution in [3.63, 3.8) is 0 Å². The number of fused-ring (bicyclic) bond motifs is 1. The van der Waals surface area contributed by atoms with Gasteiger partial charge in [-0.1, -0.05) is 18.2 Å². The molecular formula is C10H11N. The largest absolute Gasteiger partial charge is 0.351 e. The molecule has 0 saturated heterocycles. The molecule has 1 aromatic heterocycles. The average Bonchev–Trinajstić information content (AvgIpc) is 2.25.